The van der Waals surface area contributed by atoms with Crippen LogP contribution in [0.5, 0.6) is 5.75 Å². The van der Waals surface area contributed by atoms with Crippen LogP contribution in [0.25, 0.3) is 0 Å². The number of aromatic nitrogens is 2. The molecule has 0 saturated heterocycles. The maximum absolute atomic E-state index is 12.7. The minimum atomic E-state index is -0.919. The van der Waals surface area contributed by atoms with E-state index in [4.69, 9.17) is 4.74 Å². The van der Waals surface area contributed by atoms with E-state index >= 15 is 0 Å². The lowest BCUT2D eigenvalue weighted by molar-refractivity contribution is -0.122. The van der Waals surface area contributed by atoms with E-state index in [9.17, 15) is 9.90 Å². The van der Waals surface area contributed by atoms with Gasteiger partial charge in [0.25, 0.3) is 0 Å². The Hall–Kier alpha value is -2.14. The third kappa shape index (κ3) is 5.25. The van der Waals surface area contributed by atoms with Crippen LogP contribution in [-0.4, -0.2) is 32.9 Å². The highest BCUT2D eigenvalue weighted by atomic mass is 16.5. The normalized spacial score (nSPS) is 24.8. The molecular weight excluding hydrogens is 400 g/mol. The van der Waals surface area contributed by atoms with Crippen molar-refractivity contribution in [1.82, 2.24) is 9.78 Å². The molecule has 3 saturated carbocycles. The van der Waals surface area contributed by atoms with Gasteiger partial charge < -0.3 is 9.84 Å². The van der Waals surface area contributed by atoms with E-state index in [0.29, 0.717) is 18.3 Å². The number of carbonyl (C=O) groups excluding carboxylic acids is 1. The molecule has 0 radical (unpaired) electrons. The Kier molecular flexibility index (Phi) is 6.75. The predicted molar refractivity (Wildman–Crippen MR) is 126 cm³/mol. The summed E-state index contributed by atoms with van der Waals surface area (Å²) in [5, 5.41) is 15.0. The highest BCUT2D eigenvalue weighted by Gasteiger charge is 2.41. The summed E-state index contributed by atoms with van der Waals surface area (Å²) in [6.45, 7) is 6.33. The molecule has 5 heteroatoms. The zero-order chi connectivity index (χ0) is 22.8. The van der Waals surface area contributed by atoms with E-state index in [1.54, 1.807) is 10.9 Å². The second kappa shape index (κ2) is 9.38. The molecule has 5 rings (SSSR count). The van der Waals surface area contributed by atoms with Gasteiger partial charge in [0.2, 0.25) is 0 Å². The van der Waals surface area contributed by atoms with Crippen molar-refractivity contribution in [2.24, 2.45) is 11.3 Å². The second-order valence-corrected chi connectivity index (χ2v) is 10.7. The van der Waals surface area contributed by atoms with Crippen LogP contribution in [0.2, 0.25) is 0 Å². The molecule has 3 fully saturated rings. The molecule has 3 aliphatic carbocycles. The van der Waals surface area contributed by atoms with Gasteiger partial charge >= 0.3 is 0 Å². The van der Waals surface area contributed by atoms with E-state index in [2.05, 4.69) is 17.2 Å². The van der Waals surface area contributed by atoms with Crippen molar-refractivity contribution in [2.45, 2.75) is 89.7 Å². The molecule has 1 unspecified atom stereocenters. The Morgan fingerprint density at radius 1 is 1.22 bits per heavy atom. The summed E-state index contributed by atoms with van der Waals surface area (Å²) in [6.07, 6.45) is 12.5. The summed E-state index contributed by atoms with van der Waals surface area (Å²) in [7, 11) is 0. The number of aliphatic hydroxyl groups is 1. The molecule has 2 bridgehead atoms. The molecular formula is C27H38N2O3. The predicted octanol–water partition coefficient (Wildman–Crippen LogP) is 5.70. The van der Waals surface area contributed by atoms with E-state index < -0.39 is 5.60 Å². The molecule has 0 amide bonds. The standard InChI is InChI=1S/C27H38N2O3/c1-20(29-18-4-17-28-29)25(30)10-9-24(26(2,3)31)22-5-7-23(8-6-22)32-19-27-14-11-21(12-15-27)13-16-27/h4-8,17-18,20-21,24,31H,9-16,19H2,1-3H3/t20?,21?,24-,27?/m1/s1. The monoisotopic (exact) mass is 438 g/mol. The Balaban J connectivity index is 1.36. The topological polar surface area (TPSA) is 64.3 Å². The molecule has 3 aliphatic rings. The molecule has 5 nitrogen and oxygen atoms in total. The Labute approximate surface area is 192 Å². The van der Waals surface area contributed by atoms with Crippen molar-refractivity contribution >= 4 is 5.78 Å². The first kappa shape index (κ1) is 23.0. The molecule has 1 heterocycles. The average molecular weight is 439 g/mol. The molecule has 2 aromatic rings. The third-order valence-electron chi connectivity index (χ3n) is 8.00. The van der Waals surface area contributed by atoms with Crippen molar-refractivity contribution in [3.8, 4) is 5.75 Å². The molecule has 1 aromatic heterocycles. The lowest BCUT2D eigenvalue weighted by Crippen LogP contribution is -2.38. The highest BCUT2D eigenvalue weighted by molar-refractivity contribution is 5.82. The second-order valence-electron chi connectivity index (χ2n) is 10.7. The van der Waals surface area contributed by atoms with Crippen molar-refractivity contribution in [2.75, 3.05) is 6.61 Å². The molecule has 32 heavy (non-hydrogen) atoms. The van der Waals surface area contributed by atoms with Gasteiger partial charge in [0, 0.05) is 30.1 Å². The summed E-state index contributed by atoms with van der Waals surface area (Å²) in [6, 6.07) is 9.67. The Morgan fingerprint density at radius 3 is 2.44 bits per heavy atom. The first-order chi connectivity index (χ1) is 15.3. The smallest absolute Gasteiger partial charge is 0.157 e. The van der Waals surface area contributed by atoms with Crippen LogP contribution >= 0.6 is 0 Å². The number of ether oxygens (including phenoxy) is 1. The Morgan fingerprint density at radius 2 is 1.88 bits per heavy atom. The summed E-state index contributed by atoms with van der Waals surface area (Å²) in [4.78, 5) is 12.7. The first-order valence-corrected chi connectivity index (χ1v) is 12.2. The molecule has 2 atom stereocenters. The molecule has 0 spiro atoms. The lowest BCUT2D eigenvalue weighted by Gasteiger charge is -2.46. The van der Waals surface area contributed by atoms with Crippen LogP contribution in [0.4, 0.5) is 0 Å². The molecule has 1 aromatic carbocycles. The number of benzene rings is 1. The number of ketones is 1. The summed E-state index contributed by atoms with van der Waals surface area (Å²) < 4.78 is 7.92. The van der Waals surface area contributed by atoms with Gasteiger partial charge in [-0.05, 0) is 95.4 Å². The van der Waals surface area contributed by atoms with Crippen molar-refractivity contribution in [3.05, 3.63) is 48.3 Å². The van der Waals surface area contributed by atoms with Gasteiger partial charge in [-0.15, -0.1) is 0 Å². The van der Waals surface area contributed by atoms with Crippen LogP contribution in [0, 0.1) is 11.3 Å². The zero-order valence-corrected chi connectivity index (χ0v) is 19.8. The number of hydrogen-bond acceptors (Lipinski definition) is 4. The van der Waals surface area contributed by atoms with Crippen LogP contribution in [-0.2, 0) is 4.79 Å². The first-order valence-electron chi connectivity index (χ1n) is 12.2. The average Bonchev–Trinajstić information content (AvgIpc) is 3.33. The van der Waals surface area contributed by atoms with Gasteiger partial charge in [0.1, 0.15) is 11.8 Å². The summed E-state index contributed by atoms with van der Waals surface area (Å²) in [5.74, 6) is 1.86. The van der Waals surface area contributed by atoms with E-state index in [1.165, 1.54) is 38.5 Å². The van der Waals surface area contributed by atoms with Gasteiger partial charge in [-0.1, -0.05) is 12.1 Å². The number of rotatable bonds is 10. The highest BCUT2D eigenvalue weighted by Crippen LogP contribution is 2.50. The summed E-state index contributed by atoms with van der Waals surface area (Å²) >= 11 is 0. The van der Waals surface area contributed by atoms with Gasteiger partial charge in [-0.3, -0.25) is 9.48 Å². The lowest BCUT2D eigenvalue weighted by atomic mass is 9.61. The van der Waals surface area contributed by atoms with Gasteiger partial charge in [-0.2, -0.15) is 5.10 Å². The molecule has 0 aliphatic heterocycles. The quantitative estimate of drug-likeness (QED) is 0.517. The number of Topliss-reactive ketones (excluding diaryl/α,β-unsaturated/α-hetero) is 1. The van der Waals surface area contributed by atoms with Crippen LogP contribution in [0.15, 0.2) is 42.7 Å². The van der Waals surface area contributed by atoms with Crippen molar-refractivity contribution in [3.63, 3.8) is 0 Å². The minimum Gasteiger partial charge on any atom is -0.493 e. The molecule has 1 N–H and O–H groups in total. The zero-order valence-electron chi connectivity index (χ0n) is 19.8. The van der Waals surface area contributed by atoms with Gasteiger partial charge in [0.05, 0.1) is 12.2 Å². The van der Waals surface area contributed by atoms with Gasteiger partial charge in [-0.25, -0.2) is 0 Å². The summed E-state index contributed by atoms with van der Waals surface area (Å²) in [5.41, 5.74) is 0.507. The van der Waals surface area contributed by atoms with Crippen molar-refractivity contribution in [1.29, 1.82) is 0 Å². The number of fused-ring (bicyclic) bond motifs is 3. The van der Waals surface area contributed by atoms with Crippen LogP contribution < -0.4 is 4.74 Å². The number of carbonyl (C=O) groups is 1. The third-order valence-corrected chi connectivity index (χ3v) is 8.00. The maximum Gasteiger partial charge on any atom is 0.157 e. The fraction of sp³-hybridized carbons (Fsp3) is 0.630. The number of nitrogens with zero attached hydrogens (tertiary/aromatic N) is 2. The van der Waals surface area contributed by atoms with E-state index in [-0.39, 0.29) is 17.7 Å². The van der Waals surface area contributed by atoms with Crippen LogP contribution in [0.3, 0.4) is 0 Å². The fourth-order valence-corrected chi connectivity index (χ4v) is 5.67. The van der Waals surface area contributed by atoms with Crippen LogP contribution in [0.1, 0.15) is 89.7 Å². The fourth-order valence-electron chi connectivity index (χ4n) is 5.67. The largest absolute Gasteiger partial charge is 0.493 e. The van der Waals surface area contributed by atoms with E-state index in [1.807, 2.05) is 45.2 Å². The number of hydrogen-bond donors (Lipinski definition) is 1. The van der Waals surface area contributed by atoms with Crippen molar-refractivity contribution < 1.29 is 14.6 Å². The van der Waals surface area contributed by atoms with E-state index in [0.717, 1.165) is 23.8 Å². The minimum absolute atomic E-state index is 0.127. The van der Waals surface area contributed by atoms with Gasteiger partial charge in [0.15, 0.2) is 5.78 Å². The Bertz CT molecular complexity index is 861. The maximum atomic E-state index is 12.7. The molecule has 174 valence electrons. The SMILES string of the molecule is CC(C(=O)CC[C@H](c1ccc(OCC23CCC(CC2)CC3)cc1)C(C)(C)O)n1cccn1.